The predicted molar refractivity (Wildman–Crippen MR) is 141 cm³/mol. The van der Waals surface area contributed by atoms with Crippen molar-refractivity contribution in [1.29, 1.82) is 0 Å². The van der Waals surface area contributed by atoms with Gasteiger partial charge in [-0.1, -0.05) is 91.2 Å². The third-order valence-corrected chi connectivity index (χ3v) is 5.97. The average molecular weight is 493 g/mol. The molecule has 1 atom stereocenters. The van der Waals surface area contributed by atoms with Crippen LogP contribution in [0, 0.1) is 6.92 Å². The summed E-state index contributed by atoms with van der Waals surface area (Å²) < 4.78 is 5.76. The average Bonchev–Trinajstić information content (AvgIpc) is 2.86. The van der Waals surface area contributed by atoms with Gasteiger partial charge in [0.05, 0.1) is 0 Å². The normalized spacial score (nSPS) is 11.5. The molecule has 0 saturated carbocycles. The molecule has 0 aliphatic rings. The minimum Gasteiger partial charge on any atom is -0.484 e. The van der Waals surface area contributed by atoms with E-state index in [2.05, 4.69) is 12.2 Å². The number of nitrogens with one attached hydrogen (secondary N) is 1. The van der Waals surface area contributed by atoms with E-state index < -0.39 is 6.04 Å². The number of ether oxygens (including phenoxy) is 1. The maximum Gasteiger partial charge on any atom is 0.261 e. The Labute approximate surface area is 213 Å². The second-order valence-electron chi connectivity index (χ2n) is 8.60. The van der Waals surface area contributed by atoms with Crippen LogP contribution >= 0.6 is 11.6 Å². The van der Waals surface area contributed by atoms with Gasteiger partial charge in [-0.2, -0.15) is 0 Å². The molecule has 0 unspecified atom stereocenters. The van der Waals surface area contributed by atoms with Crippen molar-refractivity contribution < 1.29 is 14.3 Å². The van der Waals surface area contributed by atoms with E-state index in [-0.39, 0.29) is 18.4 Å². The number of aryl methyl sites for hydroxylation is 1. The van der Waals surface area contributed by atoms with Crippen LogP contribution in [0.4, 0.5) is 0 Å². The van der Waals surface area contributed by atoms with Gasteiger partial charge in [-0.15, -0.1) is 0 Å². The van der Waals surface area contributed by atoms with Crippen molar-refractivity contribution in [3.63, 3.8) is 0 Å². The zero-order chi connectivity index (χ0) is 25.0. The van der Waals surface area contributed by atoms with Gasteiger partial charge in [-0.05, 0) is 42.7 Å². The fourth-order valence-electron chi connectivity index (χ4n) is 3.74. The molecule has 0 aliphatic carbocycles. The van der Waals surface area contributed by atoms with Crippen molar-refractivity contribution in [2.75, 3.05) is 13.2 Å². The Balaban J connectivity index is 1.87. The molecular formula is C29H33ClN2O3. The quantitative estimate of drug-likeness (QED) is 0.335. The topological polar surface area (TPSA) is 58.6 Å². The smallest absolute Gasteiger partial charge is 0.261 e. The number of carbonyl (C=O) groups is 2. The summed E-state index contributed by atoms with van der Waals surface area (Å²) >= 11 is 6.06. The van der Waals surface area contributed by atoms with Crippen LogP contribution in [0.5, 0.6) is 5.75 Å². The number of nitrogens with zero attached hydrogens (tertiary/aromatic N) is 1. The van der Waals surface area contributed by atoms with Gasteiger partial charge >= 0.3 is 0 Å². The van der Waals surface area contributed by atoms with Crippen LogP contribution in [0.3, 0.4) is 0 Å². The zero-order valence-electron chi connectivity index (χ0n) is 20.4. The largest absolute Gasteiger partial charge is 0.484 e. The van der Waals surface area contributed by atoms with E-state index >= 15 is 0 Å². The number of hydrogen-bond donors (Lipinski definition) is 1. The summed E-state index contributed by atoms with van der Waals surface area (Å²) in [7, 11) is 0. The number of rotatable bonds is 12. The Bertz CT molecular complexity index is 1090. The van der Waals surface area contributed by atoms with Crippen molar-refractivity contribution in [3.8, 4) is 5.75 Å². The number of halogens is 1. The Morgan fingerprint density at radius 2 is 1.71 bits per heavy atom. The van der Waals surface area contributed by atoms with E-state index in [1.165, 1.54) is 0 Å². The van der Waals surface area contributed by atoms with Crippen LogP contribution in [0.1, 0.15) is 36.5 Å². The molecule has 3 aromatic carbocycles. The summed E-state index contributed by atoms with van der Waals surface area (Å²) in [5.74, 6) is 0.0794. The highest BCUT2D eigenvalue weighted by atomic mass is 35.5. The van der Waals surface area contributed by atoms with E-state index in [1.807, 2.05) is 61.5 Å². The number of carbonyl (C=O) groups excluding carboxylic acids is 2. The lowest BCUT2D eigenvalue weighted by molar-refractivity contribution is -0.142. The van der Waals surface area contributed by atoms with E-state index in [0.29, 0.717) is 30.3 Å². The monoisotopic (exact) mass is 492 g/mol. The summed E-state index contributed by atoms with van der Waals surface area (Å²) in [6.07, 6.45) is 2.27. The molecule has 184 valence electrons. The molecule has 0 bridgehead atoms. The fraction of sp³-hybridized carbons (Fsp3) is 0.310. The van der Waals surface area contributed by atoms with Crippen LogP contribution in [0.15, 0.2) is 78.9 Å². The lowest BCUT2D eigenvalue weighted by Gasteiger charge is -2.31. The summed E-state index contributed by atoms with van der Waals surface area (Å²) in [6.45, 7) is 4.78. The van der Waals surface area contributed by atoms with Gasteiger partial charge in [0.15, 0.2) is 6.61 Å². The van der Waals surface area contributed by atoms with E-state index in [0.717, 1.165) is 29.5 Å². The summed E-state index contributed by atoms with van der Waals surface area (Å²) in [5, 5.41) is 3.56. The van der Waals surface area contributed by atoms with Crippen molar-refractivity contribution in [2.45, 2.75) is 45.7 Å². The van der Waals surface area contributed by atoms with Gasteiger partial charge in [0.1, 0.15) is 11.8 Å². The first-order valence-corrected chi connectivity index (χ1v) is 12.4. The molecule has 35 heavy (non-hydrogen) atoms. The SMILES string of the molecule is CCCCNC(=O)[C@@H](Cc1ccccc1)N(Cc1ccc(C)cc1)C(=O)COc1cccc(Cl)c1. The Morgan fingerprint density at radius 3 is 2.40 bits per heavy atom. The number of unbranched alkanes of at least 4 members (excludes halogenated alkanes) is 1. The predicted octanol–water partition coefficient (Wildman–Crippen LogP) is 5.58. The van der Waals surface area contributed by atoms with Gasteiger partial charge in [0.25, 0.3) is 5.91 Å². The number of benzene rings is 3. The first kappa shape index (κ1) is 26.3. The Hall–Kier alpha value is -3.31. The molecule has 5 nitrogen and oxygen atoms in total. The Morgan fingerprint density at radius 1 is 0.971 bits per heavy atom. The standard InChI is InChI=1S/C29H33ClN2O3/c1-3-4-17-31-29(34)27(18-23-9-6-5-7-10-23)32(20-24-15-13-22(2)14-16-24)28(33)21-35-26-12-8-11-25(30)19-26/h5-16,19,27H,3-4,17-18,20-21H2,1-2H3,(H,31,34)/t27-/m1/s1. The molecule has 1 N–H and O–H groups in total. The highest BCUT2D eigenvalue weighted by Crippen LogP contribution is 2.19. The molecule has 3 rings (SSSR count). The second kappa shape index (κ2) is 13.5. The molecule has 0 fully saturated rings. The molecule has 0 aliphatic heterocycles. The van der Waals surface area contributed by atoms with Gasteiger partial charge in [-0.3, -0.25) is 9.59 Å². The molecular weight excluding hydrogens is 460 g/mol. The summed E-state index contributed by atoms with van der Waals surface area (Å²) in [5.41, 5.74) is 3.07. The zero-order valence-corrected chi connectivity index (χ0v) is 21.1. The molecule has 0 spiro atoms. The second-order valence-corrected chi connectivity index (χ2v) is 9.04. The molecule has 0 saturated heterocycles. The maximum atomic E-state index is 13.5. The van der Waals surface area contributed by atoms with Crippen LogP contribution < -0.4 is 10.1 Å². The molecule has 3 aromatic rings. The van der Waals surface area contributed by atoms with Crippen molar-refractivity contribution >= 4 is 23.4 Å². The molecule has 0 aromatic heterocycles. The number of hydrogen-bond acceptors (Lipinski definition) is 3. The molecule has 0 heterocycles. The van der Waals surface area contributed by atoms with Gasteiger partial charge < -0.3 is 15.0 Å². The van der Waals surface area contributed by atoms with Gasteiger partial charge in [0.2, 0.25) is 5.91 Å². The third-order valence-electron chi connectivity index (χ3n) is 5.73. The number of amides is 2. The molecule has 2 amide bonds. The van der Waals surface area contributed by atoms with Gasteiger partial charge in [0, 0.05) is 24.5 Å². The highest BCUT2D eigenvalue weighted by Gasteiger charge is 2.30. The lowest BCUT2D eigenvalue weighted by atomic mass is 10.0. The Kier molecular flexibility index (Phi) is 10.2. The minimum absolute atomic E-state index is 0.162. The van der Waals surface area contributed by atoms with Crippen LogP contribution in [-0.4, -0.2) is 35.9 Å². The first-order chi connectivity index (χ1) is 17.0. The minimum atomic E-state index is -0.675. The van der Waals surface area contributed by atoms with Crippen molar-refractivity contribution in [1.82, 2.24) is 10.2 Å². The molecule has 0 radical (unpaired) electrons. The first-order valence-electron chi connectivity index (χ1n) is 12.0. The fourth-order valence-corrected chi connectivity index (χ4v) is 3.92. The van der Waals surface area contributed by atoms with E-state index in [1.54, 1.807) is 29.2 Å². The van der Waals surface area contributed by atoms with Crippen molar-refractivity contribution in [2.24, 2.45) is 0 Å². The van der Waals surface area contributed by atoms with E-state index in [9.17, 15) is 9.59 Å². The maximum absolute atomic E-state index is 13.5. The summed E-state index contributed by atoms with van der Waals surface area (Å²) in [6, 6.07) is 24.0. The van der Waals surface area contributed by atoms with Crippen LogP contribution in [-0.2, 0) is 22.6 Å². The van der Waals surface area contributed by atoms with Crippen molar-refractivity contribution in [3.05, 3.63) is 101 Å². The molecule has 6 heteroatoms. The third kappa shape index (κ3) is 8.45. The van der Waals surface area contributed by atoms with Crippen LogP contribution in [0.25, 0.3) is 0 Å². The van der Waals surface area contributed by atoms with Crippen LogP contribution in [0.2, 0.25) is 5.02 Å². The summed E-state index contributed by atoms with van der Waals surface area (Å²) in [4.78, 5) is 28.5. The highest BCUT2D eigenvalue weighted by molar-refractivity contribution is 6.30. The van der Waals surface area contributed by atoms with E-state index in [4.69, 9.17) is 16.3 Å². The lowest BCUT2D eigenvalue weighted by Crippen LogP contribution is -2.51. The van der Waals surface area contributed by atoms with Gasteiger partial charge in [-0.25, -0.2) is 0 Å².